The summed E-state index contributed by atoms with van der Waals surface area (Å²) in [5.41, 5.74) is 0.678. The zero-order valence-corrected chi connectivity index (χ0v) is 14.9. The van der Waals surface area contributed by atoms with Gasteiger partial charge < -0.3 is 14.4 Å². The molecule has 1 aromatic carbocycles. The molecule has 2 amide bonds. The van der Waals surface area contributed by atoms with E-state index in [-0.39, 0.29) is 24.1 Å². The smallest absolute Gasteiger partial charge is 0.410 e. The Labute approximate surface area is 153 Å². The molecule has 0 spiro atoms. The van der Waals surface area contributed by atoms with Gasteiger partial charge in [0.25, 0.3) is 5.91 Å². The van der Waals surface area contributed by atoms with Crippen LogP contribution in [0.2, 0.25) is 0 Å². The van der Waals surface area contributed by atoms with Crippen LogP contribution in [0.5, 0.6) is 0 Å². The lowest BCUT2D eigenvalue weighted by Crippen LogP contribution is -2.42. The molecule has 140 valence electrons. The van der Waals surface area contributed by atoms with Crippen LogP contribution in [-0.4, -0.2) is 91.3 Å². The van der Waals surface area contributed by atoms with E-state index < -0.39 is 0 Å². The highest BCUT2D eigenvalue weighted by Gasteiger charge is 2.48. The molecule has 7 heteroatoms. The number of rotatable bonds is 5. The van der Waals surface area contributed by atoms with Gasteiger partial charge in [0.1, 0.15) is 6.10 Å². The highest BCUT2D eigenvalue weighted by molar-refractivity contribution is 5.94. The number of amides is 2. The number of carbonyl (C=O) groups is 2. The van der Waals surface area contributed by atoms with Crippen LogP contribution in [0.15, 0.2) is 30.3 Å². The van der Waals surface area contributed by atoms with Crippen molar-refractivity contribution in [3.8, 4) is 0 Å². The second-order valence-electron chi connectivity index (χ2n) is 7.07. The summed E-state index contributed by atoms with van der Waals surface area (Å²) >= 11 is 0. The summed E-state index contributed by atoms with van der Waals surface area (Å²) < 4.78 is 10.9. The summed E-state index contributed by atoms with van der Waals surface area (Å²) in [5.74, 6) is 0.00400. The molecule has 0 radical (unpaired) electrons. The Bertz CT molecular complexity index is 647. The number of fused-ring (bicyclic) bond motifs is 1. The fourth-order valence-electron chi connectivity index (χ4n) is 3.98. The Morgan fingerprint density at radius 2 is 1.85 bits per heavy atom. The van der Waals surface area contributed by atoms with Crippen molar-refractivity contribution in [3.63, 3.8) is 0 Å². The van der Waals surface area contributed by atoms with Gasteiger partial charge in [-0.25, -0.2) is 4.79 Å². The minimum absolute atomic E-state index is 0.00400. The van der Waals surface area contributed by atoms with E-state index in [2.05, 4.69) is 4.90 Å². The van der Waals surface area contributed by atoms with Gasteiger partial charge in [0.05, 0.1) is 25.8 Å². The van der Waals surface area contributed by atoms with Gasteiger partial charge in [0.15, 0.2) is 0 Å². The minimum atomic E-state index is -0.242. The maximum Gasteiger partial charge on any atom is 0.410 e. The first-order chi connectivity index (χ1) is 12.7. The summed E-state index contributed by atoms with van der Waals surface area (Å²) in [6.07, 6.45) is 0.456. The summed E-state index contributed by atoms with van der Waals surface area (Å²) in [6, 6.07) is 9.24. The molecule has 0 bridgehead atoms. The number of nitrogens with zero attached hydrogens (tertiary/aromatic N) is 3. The van der Waals surface area contributed by atoms with Crippen molar-refractivity contribution in [1.29, 1.82) is 0 Å². The van der Waals surface area contributed by atoms with E-state index >= 15 is 0 Å². The van der Waals surface area contributed by atoms with Gasteiger partial charge in [-0.05, 0) is 18.6 Å². The molecule has 0 N–H and O–H groups in total. The molecule has 3 aliphatic heterocycles. The quantitative estimate of drug-likeness (QED) is 0.787. The van der Waals surface area contributed by atoms with E-state index in [1.807, 2.05) is 35.2 Å². The van der Waals surface area contributed by atoms with Crippen LogP contribution in [0, 0.1) is 0 Å². The van der Waals surface area contributed by atoms with E-state index in [1.165, 1.54) is 0 Å². The van der Waals surface area contributed by atoms with Crippen LogP contribution >= 0.6 is 0 Å². The van der Waals surface area contributed by atoms with Crippen molar-refractivity contribution in [2.24, 2.45) is 0 Å². The molecule has 3 heterocycles. The van der Waals surface area contributed by atoms with Gasteiger partial charge in [-0.2, -0.15) is 0 Å². The third-order valence-electron chi connectivity index (χ3n) is 5.41. The number of carbonyl (C=O) groups excluding carboxylic acids is 2. The van der Waals surface area contributed by atoms with Crippen molar-refractivity contribution in [1.82, 2.24) is 14.7 Å². The second-order valence-corrected chi connectivity index (χ2v) is 7.07. The van der Waals surface area contributed by atoms with E-state index in [1.54, 1.807) is 4.90 Å². The number of benzene rings is 1. The maximum atomic E-state index is 12.6. The van der Waals surface area contributed by atoms with Crippen molar-refractivity contribution >= 4 is 12.0 Å². The molecule has 3 saturated heterocycles. The Kier molecular flexibility index (Phi) is 5.08. The predicted octanol–water partition coefficient (Wildman–Crippen LogP) is 1.05. The average Bonchev–Trinajstić information content (AvgIpc) is 3.21. The monoisotopic (exact) mass is 359 g/mol. The van der Waals surface area contributed by atoms with Gasteiger partial charge in [-0.1, -0.05) is 18.2 Å². The molecule has 1 aromatic rings. The Morgan fingerprint density at radius 3 is 2.62 bits per heavy atom. The second kappa shape index (κ2) is 7.63. The summed E-state index contributed by atoms with van der Waals surface area (Å²) in [4.78, 5) is 30.8. The summed E-state index contributed by atoms with van der Waals surface area (Å²) in [7, 11) is 0. The lowest BCUT2D eigenvalue weighted by molar-refractivity contribution is 0.0362. The molecular weight excluding hydrogens is 334 g/mol. The van der Waals surface area contributed by atoms with Gasteiger partial charge in [0, 0.05) is 38.3 Å². The van der Waals surface area contributed by atoms with Crippen LogP contribution in [0.1, 0.15) is 16.8 Å². The first-order valence-corrected chi connectivity index (χ1v) is 9.34. The topological polar surface area (TPSA) is 62.3 Å². The number of hydrogen-bond acceptors (Lipinski definition) is 5. The number of ether oxygens (including phenoxy) is 2. The highest BCUT2D eigenvalue weighted by Crippen LogP contribution is 2.28. The molecular formula is C19H25N3O4. The average molecular weight is 359 g/mol. The normalized spacial score (nSPS) is 26.1. The first-order valence-electron chi connectivity index (χ1n) is 9.34. The SMILES string of the molecule is O=C(c1ccccc1)N1C[C@@H]2OC(=O)N(CCCN3CCOCC3)[C@@H]2C1. The predicted molar refractivity (Wildman–Crippen MR) is 95.0 cm³/mol. The minimum Gasteiger partial charge on any atom is -0.442 e. The molecule has 4 rings (SSSR count). The molecule has 7 nitrogen and oxygen atoms in total. The molecule has 0 aliphatic carbocycles. The van der Waals surface area contributed by atoms with Crippen LogP contribution in [0.3, 0.4) is 0 Å². The van der Waals surface area contributed by atoms with Crippen molar-refractivity contribution in [2.75, 3.05) is 52.5 Å². The third-order valence-corrected chi connectivity index (χ3v) is 5.41. The van der Waals surface area contributed by atoms with Crippen LogP contribution in [0.4, 0.5) is 4.79 Å². The van der Waals surface area contributed by atoms with E-state index in [0.29, 0.717) is 25.2 Å². The van der Waals surface area contributed by atoms with Crippen molar-refractivity contribution in [3.05, 3.63) is 35.9 Å². The number of hydrogen-bond donors (Lipinski definition) is 0. The molecule has 0 aromatic heterocycles. The third kappa shape index (κ3) is 3.54. The van der Waals surface area contributed by atoms with Crippen LogP contribution in [0.25, 0.3) is 0 Å². The molecule has 3 fully saturated rings. The fraction of sp³-hybridized carbons (Fsp3) is 0.579. The van der Waals surface area contributed by atoms with Gasteiger partial charge in [-0.15, -0.1) is 0 Å². The summed E-state index contributed by atoms with van der Waals surface area (Å²) in [6.45, 7) is 6.12. The maximum absolute atomic E-state index is 12.6. The Hall–Kier alpha value is -2.12. The van der Waals surface area contributed by atoms with Crippen LogP contribution < -0.4 is 0 Å². The Morgan fingerprint density at radius 1 is 1.08 bits per heavy atom. The first kappa shape index (κ1) is 17.3. The number of morpholine rings is 1. The largest absolute Gasteiger partial charge is 0.442 e. The molecule has 2 atom stereocenters. The number of likely N-dealkylation sites (tertiary alicyclic amines) is 1. The molecule has 0 unspecified atom stereocenters. The zero-order chi connectivity index (χ0) is 17.9. The van der Waals surface area contributed by atoms with Gasteiger partial charge >= 0.3 is 6.09 Å². The van der Waals surface area contributed by atoms with Gasteiger partial charge in [0.2, 0.25) is 0 Å². The molecule has 3 aliphatic rings. The highest BCUT2D eigenvalue weighted by atomic mass is 16.6. The van der Waals surface area contributed by atoms with Crippen molar-refractivity contribution in [2.45, 2.75) is 18.6 Å². The lowest BCUT2D eigenvalue weighted by Gasteiger charge is -2.28. The zero-order valence-electron chi connectivity index (χ0n) is 14.9. The Balaban J connectivity index is 1.32. The lowest BCUT2D eigenvalue weighted by atomic mass is 10.2. The van der Waals surface area contributed by atoms with E-state index in [9.17, 15) is 9.59 Å². The summed E-state index contributed by atoms with van der Waals surface area (Å²) in [5, 5.41) is 0. The van der Waals surface area contributed by atoms with E-state index in [0.717, 1.165) is 39.3 Å². The van der Waals surface area contributed by atoms with Crippen LogP contribution in [-0.2, 0) is 9.47 Å². The standard InChI is InChI=1S/C19H25N3O4/c23-18(15-5-2-1-3-6-15)21-13-16-17(14-21)26-19(24)22(16)8-4-7-20-9-11-25-12-10-20/h1-3,5-6,16-17H,4,7-14H2/t16-,17+/m1/s1. The van der Waals surface area contributed by atoms with Crippen molar-refractivity contribution < 1.29 is 19.1 Å². The fourth-order valence-corrected chi connectivity index (χ4v) is 3.98. The van der Waals surface area contributed by atoms with Gasteiger partial charge in [-0.3, -0.25) is 14.6 Å². The molecule has 26 heavy (non-hydrogen) atoms. The van der Waals surface area contributed by atoms with E-state index in [4.69, 9.17) is 9.47 Å². The molecule has 0 saturated carbocycles.